The number of carbonyl (C=O) groups is 1. The van der Waals surface area contributed by atoms with E-state index in [1.165, 1.54) is 0 Å². The third-order valence-electron chi connectivity index (χ3n) is 3.06. The average Bonchev–Trinajstić information content (AvgIpc) is 2.38. The molecule has 1 N–H and O–H groups in total. The van der Waals surface area contributed by atoms with Crippen LogP contribution in [0.15, 0.2) is 24.3 Å². The number of hydrogen-bond acceptors (Lipinski definition) is 3. The largest absolute Gasteiger partial charge is 0.387 e. The molecule has 1 heterocycles. The van der Waals surface area contributed by atoms with Crippen LogP contribution >= 0.6 is 0 Å². The summed E-state index contributed by atoms with van der Waals surface area (Å²) >= 11 is 0. The molecule has 1 fully saturated rings. The van der Waals surface area contributed by atoms with E-state index in [1.807, 2.05) is 43.1 Å². The minimum Gasteiger partial charge on any atom is -0.387 e. The smallest absolute Gasteiger partial charge is 0.256 e. The molecule has 1 saturated heterocycles. The van der Waals surface area contributed by atoms with Gasteiger partial charge in [-0.3, -0.25) is 4.79 Å². The lowest BCUT2D eigenvalue weighted by molar-refractivity contribution is 0.00365. The van der Waals surface area contributed by atoms with Gasteiger partial charge in [0.05, 0.1) is 24.8 Å². The van der Waals surface area contributed by atoms with E-state index in [9.17, 15) is 4.79 Å². The van der Waals surface area contributed by atoms with E-state index in [-0.39, 0.29) is 11.9 Å². The van der Waals surface area contributed by atoms with Gasteiger partial charge in [0, 0.05) is 19.3 Å². The summed E-state index contributed by atoms with van der Waals surface area (Å²) in [4.78, 5) is 14.3. The SMILES string of the molecule is CNc1ccccc1C(=O)N1CCOC[C@H]1C. The zero-order chi connectivity index (χ0) is 12.3. The Labute approximate surface area is 102 Å². The van der Waals surface area contributed by atoms with Crippen molar-refractivity contribution in [2.24, 2.45) is 0 Å². The van der Waals surface area contributed by atoms with Gasteiger partial charge in [-0.1, -0.05) is 12.1 Å². The number of hydrogen-bond donors (Lipinski definition) is 1. The molecule has 1 aliphatic rings. The summed E-state index contributed by atoms with van der Waals surface area (Å²) in [5, 5.41) is 3.05. The molecule has 17 heavy (non-hydrogen) atoms. The molecule has 2 rings (SSSR count). The van der Waals surface area contributed by atoms with Crippen molar-refractivity contribution in [1.82, 2.24) is 4.90 Å². The molecule has 1 amide bonds. The predicted molar refractivity (Wildman–Crippen MR) is 67.3 cm³/mol. The van der Waals surface area contributed by atoms with Crippen molar-refractivity contribution < 1.29 is 9.53 Å². The number of morpholine rings is 1. The number of ether oxygens (including phenoxy) is 1. The number of anilines is 1. The van der Waals surface area contributed by atoms with E-state index in [4.69, 9.17) is 4.74 Å². The fraction of sp³-hybridized carbons (Fsp3) is 0.462. The first-order valence-electron chi connectivity index (χ1n) is 5.89. The first-order chi connectivity index (χ1) is 8.24. The average molecular weight is 234 g/mol. The summed E-state index contributed by atoms with van der Waals surface area (Å²) in [6, 6.07) is 7.72. The molecule has 0 unspecified atom stereocenters. The molecule has 1 aliphatic heterocycles. The van der Waals surface area contributed by atoms with Gasteiger partial charge >= 0.3 is 0 Å². The first kappa shape index (κ1) is 11.9. The van der Waals surface area contributed by atoms with Gasteiger partial charge in [0.25, 0.3) is 5.91 Å². The molecule has 4 nitrogen and oxygen atoms in total. The summed E-state index contributed by atoms with van der Waals surface area (Å²) < 4.78 is 5.35. The van der Waals surface area contributed by atoms with Gasteiger partial charge in [0.2, 0.25) is 0 Å². The summed E-state index contributed by atoms with van der Waals surface area (Å²) in [6.45, 7) is 3.92. The Kier molecular flexibility index (Phi) is 3.64. The lowest BCUT2D eigenvalue weighted by Gasteiger charge is -2.33. The Morgan fingerprint density at radius 1 is 1.47 bits per heavy atom. The number of rotatable bonds is 2. The molecule has 0 bridgehead atoms. The second-order valence-electron chi connectivity index (χ2n) is 4.22. The van der Waals surface area contributed by atoms with Crippen LogP contribution in [-0.2, 0) is 4.74 Å². The van der Waals surface area contributed by atoms with Crippen LogP contribution in [0, 0.1) is 0 Å². The van der Waals surface area contributed by atoms with Crippen molar-refractivity contribution in [3.05, 3.63) is 29.8 Å². The van der Waals surface area contributed by atoms with Gasteiger partial charge in [-0.2, -0.15) is 0 Å². The van der Waals surface area contributed by atoms with Crippen LogP contribution in [0.4, 0.5) is 5.69 Å². The van der Waals surface area contributed by atoms with Crippen molar-refractivity contribution in [2.45, 2.75) is 13.0 Å². The zero-order valence-corrected chi connectivity index (χ0v) is 10.3. The topological polar surface area (TPSA) is 41.6 Å². The second-order valence-corrected chi connectivity index (χ2v) is 4.22. The van der Waals surface area contributed by atoms with Gasteiger partial charge in [-0.05, 0) is 19.1 Å². The highest BCUT2D eigenvalue weighted by atomic mass is 16.5. The van der Waals surface area contributed by atoms with Crippen LogP contribution in [0.5, 0.6) is 0 Å². The van der Waals surface area contributed by atoms with Crippen LogP contribution < -0.4 is 5.32 Å². The second kappa shape index (κ2) is 5.19. The Morgan fingerprint density at radius 2 is 2.24 bits per heavy atom. The number of para-hydroxylation sites is 1. The molecule has 0 aromatic heterocycles. The number of nitrogens with zero attached hydrogens (tertiary/aromatic N) is 1. The minimum absolute atomic E-state index is 0.0748. The van der Waals surface area contributed by atoms with Crippen LogP contribution in [0.1, 0.15) is 17.3 Å². The Balaban J connectivity index is 2.23. The van der Waals surface area contributed by atoms with Crippen LogP contribution in [0.3, 0.4) is 0 Å². The highest BCUT2D eigenvalue weighted by Gasteiger charge is 2.25. The van der Waals surface area contributed by atoms with Crippen molar-refractivity contribution in [1.29, 1.82) is 0 Å². The first-order valence-corrected chi connectivity index (χ1v) is 5.89. The number of benzene rings is 1. The maximum atomic E-state index is 12.4. The fourth-order valence-electron chi connectivity index (χ4n) is 2.07. The molecular formula is C13H18N2O2. The zero-order valence-electron chi connectivity index (χ0n) is 10.3. The number of amides is 1. The predicted octanol–water partition coefficient (Wildman–Crippen LogP) is 1.59. The maximum Gasteiger partial charge on any atom is 0.256 e. The molecule has 0 radical (unpaired) electrons. The van der Waals surface area contributed by atoms with Gasteiger partial charge in [0.1, 0.15) is 0 Å². The van der Waals surface area contributed by atoms with E-state index in [2.05, 4.69) is 5.32 Å². The third kappa shape index (κ3) is 2.42. The Hall–Kier alpha value is -1.55. The minimum atomic E-state index is 0.0748. The standard InChI is InChI=1S/C13H18N2O2/c1-10-9-17-8-7-15(10)13(16)11-5-3-4-6-12(11)14-2/h3-6,10,14H,7-9H2,1-2H3/t10-/m1/s1. The van der Waals surface area contributed by atoms with Crippen molar-refractivity contribution in [3.63, 3.8) is 0 Å². The number of carbonyl (C=O) groups excluding carboxylic acids is 1. The molecule has 92 valence electrons. The van der Waals surface area contributed by atoms with Gasteiger partial charge < -0.3 is 15.0 Å². The molecule has 0 aliphatic carbocycles. The van der Waals surface area contributed by atoms with Crippen molar-refractivity contribution in [2.75, 3.05) is 32.1 Å². The quantitative estimate of drug-likeness (QED) is 0.845. The van der Waals surface area contributed by atoms with Gasteiger partial charge in [-0.25, -0.2) is 0 Å². The molecular weight excluding hydrogens is 216 g/mol. The van der Waals surface area contributed by atoms with Crippen LogP contribution in [0.2, 0.25) is 0 Å². The molecule has 0 saturated carbocycles. The Bertz CT molecular complexity index is 406. The van der Waals surface area contributed by atoms with E-state index in [0.29, 0.717) is 19.8 Å². The maximum absolute atomic E-state index is 12.4. The van der Waals surface area contributed by atoms with Gasteiger partial charge in [0.15, 0.2) is 0 Å². The van der Waals surface area contributed by atoms with E-state index >= 15 is 0 Å². The summed E-state index contributed by atoms with van der Waals surface area (Å²) in [5.41, 5.74) is 1.60. The monoisotopic (exact) mass is 234 g/mol. The van der Waals surface area contributed by atoms with Crippen LogP contribution in [-0.4, -0.2) is 43.7 Å². The summed E-state index contributed by atoms with van der Waals surface area (Å²) in [5.74, 6) is 0.0748. The lowest BCUT2D eigenvalue weighted by atomic mass is 10.1. The third-order valence-corrected chi connectivity index (χ3v) is 3.06. The summed E-state index contributed by atoms with van der Waals surface area (Å²) in [7, 11) is 1.83. The van der Waals surface area contributed by atoms with E-state index in [1.54, 1.807) is 0 Å². The van der Waals surface area contributed by atoms with Crippen LogP contribution in [0.25, 0.3) is 0 Å². The van der Waals surface area contributed by atoms with E-state index < -0.39 is 0 Å². The molecule has 1 atom stereocenters. The molecule has 1 aromatic rings. The molecule has 1 aromatic carbocycles. The highest BCUT2D eigenvalue weighted by Crippen LogP contribution is 2.19. The molecule has 0 spiro atoms. The van der Waals surface area contributed by atoms with Crippen molar-refractivity contribution >= 4 is 11.6 Å². The van der Waals surface area contributed by atoms with Crippen molar-refractivity contribution in [3.8, 4) is 0 Å². The highest BCUT2D eigenvalue weighted by molar-refractivity contribution is 5.99. The fourth-order valence-corrected chi connectivity index (χ4v) is 2.07. The van der Waals surface area contributed by atoms with Gasteiger partial charge in [-0.15, -0.1) is 0 Å². The summed E-state index contributed by atoms with van der Waals surface area (Å²) in [6.07, 6.45) is 0. The van der Waals surface area contributed by atoms with E-state index in [0.717, 1.165) is 11.3 Å². The lowest BCUT2D eigenvalue weighted by Crippen LogP contribution is -2.47. The Morgan fingerprint density at radius 3 is 2.94 bits per heavy atom. The number of nitrogens with one attached hydrogen (secondary N) is 1. The molecule has 4 heteroatoms. The normalized spacial score (nSPS) is 20.1.